The minimum absolute atomic E-state index is 0.0513. The molecule has 10 heteroatoms. The Labute approximate surface area is 170 Å². The van der Waals surface area contributed by atoms with Crippen molar-refractivity contribution in [2.75, 3.05) is 20.3 Å². The van der Waals surface area contributed by atoms with Gasteiger partial charge in [-0.3, -0.25) is 9.78 Å². The smallest absolute Gasteiger partial charge is 0.512 e. The van der Waals surface area contributed by atoms with Gasteiger partial charge in [0.05, 0.1) is 17.5 Å². The van der Waals surface area contributed by atoms with Gasteiger partial charge in [0.1, 0.15) is 11.5 Å². The fourth-order valence-corrected chi connectivity index (χ4v) is 2.78. The molecule has 0 saturated carbocycles. The fraction of sp³-hybridized carbons (Fsp3) is 0.200. The summed E-state index contributed by atoms with van der Waals surface area (Å²) in [6.07, 6.45) is 0.116. The maximum absolute atomic E-state index is 13.1. The predicted molar refractivity (Wildman–Crippen MR) is 101 cm³/mol. The molecule has 0 atom stereocenters. The number of halogens is 1. The van der Waals surface area contributed by atoms with Crippen molar-refractivity contribution in [3.63, 3.8) is 0 Å². The standard InChI is InChI=1S/C20H18FN3O6/c1-29-7-6-22-18(26)16-17(25)15-14(19(24-16)30-20(27)28)9-12(10-23-15)8-11-2-4-13(21)5-3-11/h2-5,9-10,25H,6-8H2,1H3,(H,22,26)(H,27,28)/p-1. The molecule has 9 nitrogen and oxygen atoms in total. The normalized spacial score (nSPS) is 10.7. The zero-order valence-electron chi connectivity index (χ0n) is 15.8. The molecular weight excluding hydrogens is 397 g/mol. The van der Waals surface area contributed by atoms with Crippen molar-refractivity contribution >= 4 is 23.0 Å². The number of amides is 1. The molecule has 3 aromatic rings. The van der Waals surface area contributed by atoms with Gasteiger partial charge in [-0.05, 0) is 41.5 Å². The molecule has 1 amide bonds. The lowest BCUT2D eigenvalue weighted by Crippen LogP contribution is -2.29. The number of nitrogens with one attached hydrogen (secondary N) is 1. The number of hydrogen-bond donors (Lipinski definition) is 2. The number of hydrogen-bond acceptors (Lipinski definition) is 7. The molecule has 2 heterocycles. The van der Waals surface area contributed by atoms with E-state index < -0.39 is 29.4 Å². The number of carbonyl (C=O) groups excluding carboxylic acids is 1. The fourth-order valence-electron chi connectivity index (χ4n) is 2.78. The van der Waals surface area contributed by atoms with Crippen LogP contribution in [0, 0.1) is 5.82 Å². The van der Waals surface area contributed by atoms with Crippen LogP contribution in [-0.2, 0) is 11.2 Å². The highest BCUT2D eigenvalue weighted by Gasteiger charge is 2.18. The summed E-state index contributed by atoms with van der Waals surface area (Å²) < 4.78 is 22.6. The van der Waals surface area contributed by atoms with Crippen molar-refractivity contribution in [2.45, 2.75) is 6.42 Å². The van der Waals surface area contributed by atoms with Crippen molar-refractivity contribution in [3.05, 3.63) is 59.2 Å². The lowest BCUT2D eigenvalue weighted by molar-refractivity contribution is -0.266. The van der Waals surface area contributed by atoms with E-state index in [-0.39, 0.29) is 29.9 Å². The van der Waals surface area contributed by atoms with Crippen molar-refractivity contribution < 1.29 is 33.7 Å². The summed E-state index contributed by atoms with van der Waals surface area (Å²) in [5.41, 5.74) is 0.708. The number of aromatic nitrogens is 2. The number of fused-ring (bicyclic) bond motifs is 1. The Morgan fingerprint density at radius 2 is 1.97 bits per heavy atom. The average Bonchev–Trinajstić information content (AvgIpc) is 2.71. The molecule has 0 saturated heterocycles. The SMILES string of the molecule is COCCNC(=O)c1nc(OC(=O)O)c2cc(Cc3ccc(F)cc3)cnc2c1[O-]. The van der Waals surface area contributed by atoms with E-state index in [1.54, 1.807) is 12.1 Å². The third-order valence-electron chi connectivity index (χ3n) is 4.13. The number of benzene rings is 1. The molecule has 0 aliphatic rings. The maximum Gasteiger partial charge on any atom is 0.512 e. The van der Waals surface area contributed by atoms with Gasteiger partial charge >= 0.3 is 6.16 Å². The molecule has 0 spiro atoms. The number of carboxylic acid groups (broad SMARTS) is 1. The van der Waals surface area contributed by atoms with Crippen LogP contribution in [0.5, 0.6) is 11.6 Å². The van der Waals surface area contributed by atoms with Crippen LogP contribution in [-0.4, -0.2) is 47.4 Å². The van der Waals surface area contributed by atoms with Gasteiger partial charge in [0.2, 0.25) is 5.88 Å². The minimum Gasteiger partial charge on any atom is -0.869 e. The van der Waals surface area contributed by atoms with Gasteiger partial charge in [0.15, 0.2) is 0 Å². The van der Waals surface area contributed by atoms with E-state index in [1.807, 2.05) is 0 Å². The summed E-state index contributed by atoms with van der Waals surface area (Å²) in [7, 11) is 1.45. The van der Waals surface area contributed by atoms with Gasteiger partial charge in [-0.1, -0.05) is 12.1 Å². The highest BCUT2D eigenvalue weighted by atomic mass is 19.1. The summed E-state index contributed by atoms with van der Waals surface area (Å²) in [5, 5.41) is 24.2. The molecule has 0 aliphatic heterocycles. The molecule has 1 aromatic carbocycles. The predicted octanol–water partition coefficient (Wildman–Crippen LogP) is 1.87. The number of nitrogens with zero attached hydrogens (tertiary/aromatic N) is 2. The molecule has 156 valence electrons. The van der Waals surface area contributed by atoms with Crippen LogP contribution in [0.25, 0.3) is 10.9 Å². The van der Waals surface area contributed by atoms with Gasteiger partial charge in [0.25, 0.3) is 5.91 Å². The molecule has 0 radical (unpaired) electrons. The van der Waals surface area contributed by atoms with Gasteiger partial charge in [-0.2, -0.15) is 0 Å². The topological polar surface area (TPSA) is 134 Å². The highest BCUT2D eigenvalue weighted by Crippen LogP contribution is 2.31. The van der Waals surface area contributed by atoms with Crippen molar-refractivity contribution in [1.82, 2.24) is 15.3 Å². The van der Waals surface area contributed by atoms with Crippen LogP contribution >= 0.6 is 0 Å². The van der Waals surface area contributed by atoms with Crippen molar-refractivity contribution in [3.8, 4) is 11.6 Å². The number of methoxy groups -OCH3 is 1. The van der Waals surface area contributed by atoms with E-state index in [0.717, 1.165) is 5.56 Å². The van der Waals surface area contributed by atoms with E-state index >= 15 is 0 Å². The molecule has 2 N–H and O–H groups in total. The second-order valence-corrected chi connectivity index (χ2v) is 6.25. The highest BCUT2D eigenvalue weighted by molar-refractivity contribution is 6.02. The van der Waals surface area contributed by atoms with E-state index in [0.29, 0.717) is 12.0 Å². The van der Waals surface area contributed by atoms with E-state index in [9.17, 15) is 19.1 Å². The van der Waals surface area contributed by atoms with Crippen LogP contribution < -0.4 is 15.2 Å². The lowest BCUT2D eigenvalue weighted by atomic mass is 10.0. The Morgan fingerprint density at radius 1 is 1.23 bits per heavy atom. The summed E-state index contributed by atoms with van der Waals surface area (Å²) in [5.74, 6) is -2.36. The first-order chi connectivity index (χ1) is 14.4. The van der Waals surface area contributed by atoms with Crippen LogP contribution in [0.15, 0.2) is 36.5 Å². The zero-order chi connectivity index (χ0) is 21.7. The number of carbonyl (C=O) groups is 2. The molecule has 0 fully saturated rings. The lowest BCUT2D eigenvalue weighted by Gasteiger charge is -2.17. The van der Waals surface area contributed by atoms with Crippen molar-refractivity contribution in [2.24, 2.45) is 0 Å². The Bertz CT molecular complexity index is 1090. The summed E-state index contributed by atoms with van der Waals surface area (Å²) in [6, 6.07) is 7.33. The molecule has 0 bridgehead atoms. The van der Waals surface area contributed by atoms with Crippen molar-refractivity contribution in [1.29, 1.82) is 0 Å². The van der Waals surface area contributed by atoms with E-state index in [4.69, 9.17) is 14.6 Å². The summed E-state index contributed by atoms with van der Waals surface area (Å²) >= 11 is 0. The molecule has 0 aliphatic carbocycles. The van der Waals surface area contributed by atoms with Crippen LogP contribution in [0.1, 0.15) is 21.6 Å². The number of ether oxygens (including phenoxy) is 2. The van der Waals surface area contributed by atoms with Crippen LogP contribution in [0.2, 0.25) is 0 Å². The molecule has 0 unspecified atom stereocenters. The van der Waals surface area contributed by atoms with Crippen LogP contribution in [0.4, 0.5) is 9.18 Å². The van der Waals surface area contributed by atoms with E-state index in [1.165, 1.54) is 31.5 Å². The van der Waals surface area contributed by atoms with Gasteiger partial charge in [0, 0.05) is 19.9 Å². The molecule has 3 rings (SSSR count). The van der Waals surface area contributed by atoms with Gasteiger partial charge < -0.3 is 25.0 Å². The first-order valence-corrected chi connectivity index (χ1v) is 8.81. The largest absolute Gasteiger partial charge is 0.869 e. The quantitative estimate of drug-likeness (QED) is 0.442. The molecule has 30 heavy (non-hydrogen) atoms. The Balaban J connectivity index is 2.02. The summed E-state index contributed by atoms with van der Waals surface area (Å²) in [4.78, 5) is 31.3. The third-order valence-corrected chi connectivity index (χ3v) is 4.13. The number of rotatable bonds is 7. The van der Waals surface area contributed by atoms with Gasteiger partial charge in [-0.25, -0.2) is 14.2 Å². The van der Waals surface area contributed by atoms with E-state index in [2.05, 4.69) is 15.3 Å². The first kappa shape index (κ1) is 20.9. The Morgan fingerprint density at radius 3 is 2.63 bits per heavy atom. The first-order valence-electron chi connectivity index (χ1n) is 8.81. The second kappa shape index (κ2) is 9.14. The average molecular weight is 414 g/mol. The third kappa shape index (κ3) is 4.78. The number of pyridine rings is 2. The Kier molecular flexibility index (Phi) is 6.38. The Hall–Kier alpha value is -3.79. The molecular formula is C20H17FN3O6-. The maximum atomic E-state index is 13.1. The monoisotopic (exact) mass is 414 g/mol. The minimum atomic E-state index is -1.66. The summed E-state index contributed by atoms with van der Waals surface area (Å²) in [6.45, 7) is 0.352. The second-order valence-electron chi connectivity index (χ2n) is 6.25. The zero-order valence-corrected chi connectivity index (χ0v) is 15.8. The molecule has 2 aromatic heterocycles. The van der Waals surface area contributed by atoms with Crippen LogP contribution in [0.3, 0.4) is 0 Å². The van der Waals surface area contributed by atoms with Gasteiger partial charge in [-0.15, -0.1) is 0 Å².